The molecule has 20 heavy (non-hydrogen) atoms. The van der Waals surface area contributed by atoms with Crippen LogP contribution in [0.2, 0.25) is 0 Å². The Hall–Kier alpha value is -1.75. The fourth-order valence-electron chi connectivity index (χ4n) is 2.67. The number of anilines is 1. The quantitative estimate of drug-likeness (QED) is 0.792. The smallest absolute Gasteiger partial charge is 0.319 e. The second-order valence-electron chi connectivity index (χ2n) is 5.41. The molecule has 1 aliphatic rings. The maximum atomic E-state index is 12.1. The molecule has 0 atom stereocenters. The zero-order valence-electron chi connectivity index (χ0n) is 12.0. The predicted molar refractivity (Wildman–Crippen MR) is 78.2 cm³/mol. The number of carbonyl (C=O) groups excluding carboxylic acids is 1. The summed E-state index contributed by atoms with van der Waals surface area (Å²) in [5.74, 6) is 0.760. The van der Waals surface area contributed by atoms with Crippen molar-refractivity contribution < 1.29 is 14.6 Å². The van der Waals surface area contributed by atoms with Crippen LogP contribution in [0.25, 0.3) is 0 Å². The van der Waals surface area contributed by atoms with Gasteiger partial charge >= 0.3 is 6.03 Å². The number of rotatable bonds is 4. The average molecular weight is 278 g/mol. The fourth-order valence-corrected chi connectivity index (χ4v) is 2.67. The van der Waals surface area contributed by atoms with Crippen LogP contribution in [-0.4, -0.2) is 30.4 Å². The molecule has 0 aromatic heterocycles. The minimum atomic E-state index is -0.454. The molecule has 1 aliphatic carbocycles. The molecule has 1 fully saturated rings. The lowest BCUT2D eigenvalue weighted by Crippen LogP contribution is -2.50. The van der Waals surface area contributed by atoms with Crippen LogP contribution in [0.3, 0.4) is 0 Å². The molecule has 2 amide bonds. The van der Waals surface area contributed by atoms with Crippen molar-refractivity contribution in [2.75, 3.05) is 19.0 Å². The van der Waals surface area contributed by atoms with Crippen LogP contribution in [0.5, 0.6) is 5.75 Å². The summed E-state index contributed by atoms with van der Waals surface area (Å²) >= 11 is 0. The Labute approximate surface area is 119 Å². The van der Waals surface area contributed by atoms with Crippen LogP contribution in [0.4, 0.5) is 10.5 Å². The first-order valence-electron chi connectivity index (χ1n) is 6.93. The number of amides is 2. The van der Waals surface area contributed by atoms with E-state index in [4.69, 9.17) is 4.74 Å². The maximum Gasteiger partial charge on any atom is 0.319 e. The number of methoxy groups -OCH3 is 1. The minimum absolute atomic E-state index is 0.0119. The highest BCUT2D eigenvalue weighted by atomic mass is 16.5. The number of urea groups is 1. The highest BCUT2D eigenvalue weighted by Crippen LogP contribution is 2.29. The third-order valence-electron chi connectivity index (χ3n) is 3.92. The van der Waals surface area contributed by atoms with Gasteiger partial charge in [-0.15, -0.1) is 0 Å². The summed E-state index contributed by atoms with van der Waals surface area (Å²) in [7, 11) is 1.61. The van der Waals surface area contributed by atoms with Gasteiger partial charge in [-0.2, -0.15) is 0 Å². The van der Waals surface area contributed by atoms with Crippen LogP contribution in [-0.2, 0) is 0 Å². The van der Waals surface area contributed by atoms with Gasteiger partial charge in [0.25, 0.3) is 0 Å². The number of carbonyl (C=O) groups is 1. The van der Waals surface area contributed by atoms with E-state index in [1.165, 1.54) is 0 Å². The maximum absolute atomic E-state index is 12.1. The van der Waals surface area contributed by atoms with Crippen molar-refractivity contribution in [3.63, 3.8) is 0 Å². The Balaban J connectivity index is 2.01. The Morgan fingerprint density at radius 2 is 2.10 bits per heavy atom. The van der Waals surface area contributed by atoms with Gasteiger partial charge in [-0.1, -0.05) is 12.8 Å². The first kappa shape index (κ1) is 14.7. The monoisotopic (exact) mass is 278 g/mol. The summed E-state index contributed by atoms with van der Waals surface area (Å²) in [5, 5.41) is 15.2. The highest BCUT2D eigenvalue weighted by Gasteiger charge is 2.34. The molecule has 1 aromatic rings. The number of hydrogen-bond acceptors (Lipinski definition) is 3. The first-order valence-corrected chi connectivity index (χ1v) is 6.93. The van der Waals surface area contributed by atoms with Crippen molar-refractivity contribution in [1.82, 2.24) is 5.32 Å². The van der Waals surface area contributed by atoms with Gasteiger partial charge in [0.15, 0.2) is 0 Å². The molecular weight excluding hydrogens is 256 g/mol. The van der Waals surface area contributed by atoms with Gasteiger partial charge in [-0.3, -0.25) is 0 Å². The molecule has 0 saturated heterocycles. The summed E-state index contributed by atoms with van der Waals surface area (Å²) in [5.41, 5.74) is 1.23. The van der Waals surface area contributed by atoms with E-state index in [-0.39, 0.29) is 12.6 Å². The summed E-state index contributed by atoms with van der Waals surface area (Å²) in [4.78, 5) is 12.1. The van der Waals surface area contributed by atoms with Gasteiger partial charge in [0.1, 0.15) is 5.75 Å². The number of aliphatic hydroxyl groups is 1. The molecule has 2 rings (SSSR count). The topological polar surface area (TPSA) is 70.6 Å². The Morgan fingerprint density at radius 1 is 1.40 bits per heavy atom. The second-order valence-corrected chi connectivity index (χ2v) is 5.41. The zero-order valence-corrected chi connectivity index (χ0v) is 12.0. The van der Waals surface area contributed by atoms with Crippen molar-refractivity contribution in [2.24, 2.45) is 0 Å². The van der Waals surface area contributed by atoms with Gasteiger partial charge in [0.2, 0.25) is 0 Å². The van der Waals surface area contributed by atoms with Crippen molar-refractivity contribution in [1.29, 1.82) is 0 Å². The van der Waals surface area contributed by atoms with Crippen LogP contribution in [0.15, 0.2) is 18.2 Å². The Morgan fingerprint density at radius 3 is 2.65 bits per heavy atom. The molecule has 0 radical (unpaired) electrons. The third-order valence-corrected chi connectivity index (χ3v) is 3.92. The Kier molecular flexibility index (Phi) is 4.49. The van der Waals surface area contributed by atoms with E-state index in [0.717, 1.165) is 42.7 Å². The molecule has 0 spiro atoms. The first-order chi connectivity index (χ1) is 9.58. The van der Waals surface area contributed by atoms with E-state index < -0.39 is 5.54 Å². The lowest BCUT2D eigenvalue weighted by molar-refractivity contribution is 0.167. The van der Waals surface area contributed by atoms with Crippen molar-refractivity contribution >= 4 is 11.7 Å². The average Bonchev–Trinajstić information content (AvgIpc) is 2.90. The fraction of sp³-hybridized carbons (Fsp3) is 0.533. The van der Waals surface area contributed by atoms with Crippen LogP contribution < -0.4 is 15.4 Å². The predicted octanol–water partition coefficient (Wildman–Crippen LogP) is 2.43. The summed E-state index contributed by atoms with van der Waals surface area (Å²) < 4.78 is 5.13. The minimum Gasteiger partial charge on any atom is -0.497 e. The van der Waals surface area contributed by atoms with E-state index in [9.17, 15) is 9.90 Å². The van der Waals surface area contributed by atoms with E-state index in [1.54, 1.807) is 13.2 Å². The normalized spacial score (nSPS) is 16.8. The molecule has 110 valence electrons. The standard InChI is InChI=1S/C15H22N2O3/c1-11-9-12(20-2)5-6-13(11)16-14(19)17-15(10-18)7-3-4-8-15/h5-6,9,18H,3-4,7-8,10H2,1-2H3,(H2,16,17,19). The molecule has 0 bridgehead atoms. The Bertz CT molecular complexity index is 482. The lowest BCUT2D eigenvalue weighted by atomic mass is 9.99. The van der Waals surface area contributed by atoms with Gasteiger partial charge in [0.05, 0.1) is 19.3 Å². The van der Waals surface area contributed by atoms with Gasteiger partial charge < -0.3 is 20.5 Å². The number of aliphatic hydroxyl groups excluding tert-OH is 1. The van der Waals surface area contributed by atoms with E-state index in [0.29, 0.717) is 0 Å². The third kappa shape index (κ3) is 3.22. The summed E-state index contributed by atoms with van der Waals surface area (Å²) in [6.45, 7) is 1.90. The molecule has 1 aromatic carbocycles. The second kappa shape index (κ2) is 6.13. The number of benzene rings is 1. The number of aryl methyl sites for hydroxylation is 1. The molecule has 0 aliphatic heterocycles. The number of hydrogen-bond donors (Lipinski definition) is 3. The van der Waals surface area contributed by atoms with E-state index >= 15 is 0 Å². The molecule has 3 N–H and O–H groups in total. The lowest BCUT2D eigenvalue weighted by Gasteiger charge is -2.28. The van der Waals surface area contributed by atoms with Gasteiger partial charge in [0, 0.05) is 5.69 Å². The van der Waals surface area contributed by atoms with Crippen molar-refractivity contribution in [2.45, 2.75) is 38.1 Å². The molecular formula is C15H22N2O3. The summed E-state index contributed by atoms with van der Waals surface area (Å²) in [6.07, 6.45) is 3.75. The largest absolute Gasteiger partial charge is 0.497 e. The molecule has 5 nitrogen and oxygen atoms in total. The van der Waals surface area contributed by atoms with E-state index in [2.05, 4.69) is 10.6 Å². The SMILES string of the molecule is COc1ccc(NC(=O)NC2(CO)CCCC2)c(C)c1. The van der Waals surface area contributed by atoms with Crippen LogP contribution in [0.1, 0.15) is 31.2 Å². The van der Waals surface area contributed by atoms with Gasteiger partial charge in [-0.05, 0) is 43.5 Å². The number of ether oxygens (including phenoxy) is 1. The highest BCUT2D eigenvalue weighted by molar-refractivity contribution is 5.90. The molecule has 0 heterocycles. The van der Waals surface area contributed by atoms with Gasteiger partial charge in [-0.25, -0.2) is 4.79 Å². The number of nitrogens with one attached hydrogen (secondary N) is 2. The summed E-state index contributed by atoms with van der Waals surface area (Å²) in [6, 6.07) is 5.22. The van der Waals surface area contributed by atoms with Crippen LogP contribution in [0, 0.1) is 6.92 Å². The van der Waals surface area contributed by atoms with Crippen LogP contribution >= 0.6 is 0 Å². The van der Waals surface area contributed by atoms with Crippen molar-refractivity contribution in [3.8, 4) is 5.75 Å². The van der Waals surface area contributed by atoms with Crippen molar-refractivity contribution in [3.05, 3.63) is 23.8 Å². The molecule has 1 saturated carbocycles. The van der Waals surface area contributed by atoms with E-state index in [1.807, 2.05) is 19.1 Å². The zero-order chi connectivity index (χ0) is 14.6. The molecule has 5 heteroatoms. The molecule has 0 unspecified atom stereocenters.